The van der Waals surface area contributed by atoms with Gasteiger partial charge in [0.25, 0.3) is 0 Å². The molecule has 0 unspecified atom stereocenters. The molecule has 1 aliphatic rings. The molecule has 0 atom stereocenters. The lowest BCUT2D eigenvalue weighted by atomic mass is 10.1. The van der Waals surface area contributed by atoms with Crippen LogP contribution in [-0.4, -0.2) is 54.6 Å². The van der Waals surface area contributed by atoms with Crippen LogP contribution in [0.15, 0.2) is 0 Å². The van der Waals surface area contributed by atoms with Crippen LogP contribution in [0.4, 0.5) is 0 Å². The van der Waals surface area contributed by atoms with Crippen molar-refractivity contribution in [3.63, 3.8) is 0 Å². The molecule has 1 rings (SSSR count). The molecule has 0 saturated carbocycles. The van der Waals surface area contributed by atoms with Crippen molar-refractivity contribution in [3.8, 4) is 0 Å². The minimum absolute atomic E-state index is 0.137. The summed E-state index contributed by atoms with van der Waals surface area (Å²) in [6.07, 6.45) is 6.10. The van der Waals surface area contributed by atoms with Gasteiger partial charge in [-0.2, -0.15) is 0 Å². The van der Waals surface area contributed by atoms with Crippen molar-refractivity contribution in [1.82, 2.24) is 10.2 Å². The van der Waals surface area contributed by atoms with E-state index in [1.165, 1.54) is 12.8 Å². The average molecular weight is 368 g/mol. The molecule has 1 heterocycles. The SMILES string of the molecule is CN1CCC(OCCCCCNC(=O)CI)CC1. The molecular weight excluding hydrogens is 343 g/mol. The maximum atomic E-state index is 11.0. The first-order chi connectivity index (χ1) is 8.72. The minimum Gasteiger partial charge on any atom is -0.378 e. The van der Waals surface area contributed by atoms with Gasteiger partial charge in [0.1, 0.15) is 0 Å². The zero-order chi connectivity index (χ0) is 13.2. The van der Waals surface area contributed by atoms with Gasteiger partial charge in [0.05, 0.1) is 10.5 Å². The van der Waals surface area contributed by atoms with Gasteiger partial charge in [-0.3, -0.25) is 4.79 Å². The summed E-state index contributed by atoms with van der Waals surface area (Å²) in [5.41, 5.74) is 0. The summed E-state index contributed by atoms with van der Waals surface area (Å²) in [4.78, 5) is 13.3. The van der Waals surface area contributed by atoms with Crippen LogP contribution in [0.25, 0.3) is 0 Å². The number of unbranched alkanes of at least 4 members (excludes halogenated alkanes) is 2. The fraction of sp³-hybridized carbons (Fsp3) is 0.923. The van der Waals surface area contributed by atoms with E-state index in [4.69, 9.17) is 4.74 Å². The first kappa shape index (κ1) is 16.2. The van der Waals surface area contributed by atoms with Gasteiger partial charge < -0.3 is 15.0 Å². The lowest BCUT2D eigenvalue weighted by Gasteiger charge is -2.28. The maximum Gasteiger partial charge on any atom is 0.229 e. The van der Waals surface area contributed by atoms with E-state index in [9.17, 15) is 4.79 Å². The highest BCUT2D eigenvalue weighted by Crippen LogP contribution is 2.12. The fourth-order valence-electron chi connectivity index (χ4n) is 2.08. The van der Waals surface area contributed by atoms with Crippen molar-refractivity contribution < 1.29 is 9.53 Å². The van der Waals surface area contributed by atoms with Crippen LogP contribution in [0.2, 0.25) is 0 Å². The molecule has 1 saturated heterocycles. The third-order valence-corrected chi connectivity index (χ3v) is 3.98. The second-order valence-corrected chi connectivity index (χ2v) is 5.68. The van der Waals surface area contributed by atoms with Crippen LogP contribution >= 0.6 is 22.6 Å². The molecule has 0 spiro atoms. The number of piperidine rings is 1. The number of alkyl halides is 1. The predicted octanol–water partition coefficient (Wildman–Crippen LogP) is 1.82. The second kappa shape index (κ2) is 9.97. The number of nitrogens with one attached hydrogen (secondary N) is 1. The number of hydrogen-bond donors (Lipinski definition) is 1. The Balaban J connectivity index is 1.85. The number of hydrogen-bond acceptors (Lipinski definition) is 3. The van der Waals surface area contributed by atoms with E-state index in [1.54, 1.807) is 0 Å². The molecule has 1 fully saturated rings. The Bertz CT molecular complexity index is 231. The summed E-state index contributed by atoms with van der Waals surface area (Å²) < 4.78 is 6.42. The van der Waals surface area contributed by atoms with E-state index < -0.39 is 0 Å². The molecule has 1 N–H and O–H groups in total. The zero-order valence-electron chi connectivity index (χ0n) is 11.3. The monoisotopic (exact) mass is 368 g/mol. The van der Waals surface area contributed by atoms with E-state index >= 15 is 0 Å². The molecule has 4 nitrogen and oxygen atoms in total. The number of amides is 1. The molecule has 5 heteroatoms. The van der Waals surface area contributed by atoms with Crippen LogP contribution < -0.4 is 5.32 Å². The Morgan fingerprint density at radius 1 is 1.33 bits per heavy atom. The molecule has 1 amide bonds. The third kappa shape index (κ3) is 7.53. The number of ether oxygens (including phenoxy) is 1. The molecule has 0 bridgehead atoms. The summed E-state index contributed by atoms with van der Waals surface area (Å²) in [6, 6.07) is 0. The van der Waals surface area contributed by atoms with Crippen molar-refractivity contribution in [2.24, 2.45) is 0 Å². The Kier molecular flexibility index (Phi) is 8.96. The first-order valence-corrected chi connectivity index (χ1v) is 8.37. The van der Waals surface area contributed by atoms with E-state index in [-0.39, 0.29) is 5.91 Å². The molecule has 0 aromatic carbocycles. The molecule has 0 radical (unpaired) electrons. The standard InChI is InChI=1S/C13H25IN2O2/c1-16-8-5-12(6-9-16)18-10-4-2-3-7-15-13(17)11-14/h12H,2-11H2,1H3,(H,15,17). The van der Waals surface area contributed by atoms with Crippen LogP contribution in [0.1, 0.15) is 32.1 Å². The van der Waals surface area contributed by atoms with Crippen molar-refractivity contribution in [1.29, 1.82) is 0 Å². The Morgan fingerprint density at radius 3 is 2.72 bits per heavy atom. The van der Waals surface area contributed by atoms with Crippen LogP contribution in [0, 0.1) is 0 Å². The molecule has 0 aromatic heterocycles. The highest BCUT2D eigenvalue weighted by atomic mass is 127. The van der Waals surface area contributed by atoms with E-state index in [1.807, 2.05) is 0 Å². The lowest BCUT2D eigenvalue weighted by molar-refractivity contribution is -0.118. The number of likely N-dealkylation sites (tertiary alicyclic amines) is 1. The molecule has 18 heavy (non-hydrogen) atoms. The number of carbonyl (C=O) groups excluding carboxylic acids is 1. The minimum atomic E-state index is 0.137. The second-order valence-electron chi connectivity index (χ2n) is 4.92. The molecule has 1 aliphatic heterocycles. The van der Waals surface area contributed by atoms with Gasteiger partial charge in [-0.15, -0.1) is 0 Å². The van der Waals surface area contributed by atoms with Crippen LogP contribution in [-0.2, 0) is 9.53 Å². The number of nitrogens with zero attached hydrogens (tertiary/aromatic N) is 1. The van der Waals surface area contributed by atoms with Gasteiger partial charge >= 0.3 is 0 Å². The van der Waals surface area contributed by atoms with E-state index in [0.29, 0.717) is 10.5 Å². The maximum absolute atomic E-state index is 11.0. The molecule has 0 aliphatic carbocycles. The van der Waals surface area contributed by atoms with Crippen molar-refractivity contribution >= 4 is 28.5 Å². The number of carbonyl (C=O) groups is 1. The third-order valence-electron chi connectivity index (χ3n) is 3.28. The Hall–Kier alpha value is 0.120. The van der Waals surface area contributed by atoms with Gasteiger partial charge in [-0.05, 0) is 39.2 Å². The summed E-state index contributed by atoms with van der Waals surface area (Å²) in [5, 5.41) is 2.88. The molecule has 0 aromatic rings. The zero-order valence-corrected chi connectivity index (χ0v) is 13.4. The van der Waals surface area contributed by atoms with Crippen molar-refractivity contribution in [2.75, 3.05) is 37.7 Å². The van der Waals surface area contributed by atoms with Crippen LogP contribution in [0.5, 0.6) is 0 Å². The largest absolute Gasteiger partial charge is 0.378 e. The van der Waals surface area contributed by atoms with Gasteiger partial charge in [0.15, 0.2) is 0 Å². The first-order valence-electron chi connectivity index (χ1n) is 6.85. The van der Waals surface area contributed by atoms with Gasteiger partial charge in [0, 0.05) is 26.2 Å². The van der Waals surface area contributed by atoms with Gasteiger partial charge in [0.2, 0.25) is 5.91 Å². The number of rotatable bonds is 8. The topological polar surface area (TPSA) is 41.6 Å². The normalized spacial score (nSPS) is 17.9. The lowest BCUT2D eigenvalue weighted by Crippen LogP contribution is -2.34. The smallest absolute Gasteiger partial charge is 0.229 e. The Labute approximate surface area is 124 Å². The summed E-state index contributed by atoms with van der Waals surface area (Å²) in [6.45, 7) is 3.99. The van der Waals surface area contributed by atoms with E-state index in [0.717, 1.165) is 45.5 Å². The highest BCUT2D eigenvalue weighted by Gasteiger charge is 2.16. The van der Waals surface area contributed by atoms with E-state index in [2.05, 4.69) is 39.9 Å². The predicted molar refractivity (Wildman–Crippen MR) is 82.2 cm³/mol. The highest BCUT2D eigenvalue weighted by molar-refractivity contribution is 14.1. The fourth-order valence-corrected chi connectivity index (χ4v) is 2.35. The quantitative estimate of drug-likeness (QED) is 0.404. The molecule has 106 valence electrons. The Morgan fingerprint density at radius 2 is 2.06 bits per heavy atom. The van der Waals surface area contributed by atoms with Crippen molar-refractivity contribution in [2.45, 2.75) is 38.2 Å². The summed E-state index contributed by atoms with van der Waals surface area (Å²) in [5.74, 6) is 0.137. The summed E-state index contributed by atoms with van der Waals surface area (Å²) in [7, 11) is 2.17. The van der Waals surface area contributed by atoms with Crippen molar-refractivity contribution in [3.05, 3.63) is 0 Å². The number of halogens is 1. The molecular formula is C13H25IN2O2. The van der Waals surface area contributed by atoms with Gasteiger partial charge in [-0.1, -0.05) is 22.6 Å². The summed E-state index contributed by atoms with van der Waals surface area (Å²) >= 11 is 2.08. The van der Waals surface area contributed by atoms with Gasteiger partial charge in [-0.25, -0.2) is 0 Å². The van der Waals surface area contributed by atoms with Crippen LogP contribution in [0.3, 0.4) is 0 Å². The average Bonchev–Trinajstić information content (AvgIpc) is 2.39.